The van der Waals surface area contributed by atoms with E-state index in [9.17, 15) is 0 Å². The number of nitrogens with zero attached hydrogens (tertiary/aromatic N) is 3. The second-order valence-corrected chi connectivity index (χ2v) is 5.78. The molecule has 0 aliphatic heterocycles. The summed E-state index contributed by atoms with van der Waals surface area (Å²) < 4.78 is 0. The molecule has 2 aromatic heterocycles. The number of alkyl halides is 1. The van der Waals surface area contributed by atoms with E-state index in [-0.39, 0.29) is 0 Å². The summed E-state index contributed by atoms with van der Waals surface area (Å²) in [5.74, 6) is 0.485. The molecule has 0 spiro atoms. The summed E-state index contributed by atoms with van der Waals surface area (Å²) in [6, 6.07) is 6.39. The summed E-state index contributed by atoms with van der Waals surface area (Å²) in [5.41, 5.74) is 2.07. The van der Waals surface area contributed by atoms with E-state index in [0.29, 0.717) is 11.9 Å². The average molecular weight is 310 g/mol. The molecule has 2 aromatic rings. The number of rotatable bonds is 7. The molecule has 0 aliphatic carbocycles. The van der Waals surface area contributed by atoms with E-state index >= 15 is 0 Å². The molecule has 0 N–H and O–H groups in total. The Morgan fingerprint density at radius 3 is 2.70 bits per heavy atom. The van der Waals surface area contributed by atoms with Crippen molar-refractivity contribution >= 4 is 22.9 Å². The van der Waals surface area contributed by atoms with Gasteiger partial charge in [0.25, 0.3) is 0 Å². The summed E-state index contributed by atoms with van der Waals surface area (Å²) in [6.07, 6.45) is 2.88. The van der Waals surface area contributed by atoms with Crippen LogP contribution in [0.3, 0.4) is 0 Å². The van der Waals surface area contributed by atoms with Gasteiger partial charge in [0, 0.05) is 18.1 Å². The van der Waals surface area contributed by atoms with Gasteiger partial charge >= 0.3 is 0 Å². The van der Waals surface area contributed by atoms with Crippen molar-refractivity contribution < 1.29 is 0 Å². The predicted molar refractivity (Wildman–Crippen MR) is 85.0 cm³/mol. The van der Waals surface area contributed by atoms with E-state index < -0.39 is 0 Å². The summed E-state index contributed by atoms with van der Waals surface area (Å²) in [5, 5.41) is 3.21. The van der Waals surface area contributed by atoms with Crippen LogP contribution in [0.1, 0.15) is 42.7 Å². The van der Waals surface area contributed by atoms with Gasteiger partial charge in [-0.25, -0.2) is 4.98 Å². The topological polar surface area (TPSA) is 29.0 Å². The first kappa shape index (κ1) is 15.4. The van der Waals surface area contributed by atoms with Crippen LogP contribution in [0.2, 0.25) is 0 Å². The van der Waals surface area contributed by atoms with Gasteiger partial charge in [-0.3, -0.25) is 9.88 Å². The van der Waals surface area contributed by atoms with Crippen molar-refractivity contribution in [1.29, 1.82) is 0 Å². The van der Waals surface area contributed by atoms with Crippen molar-refractivity contribution in [1.82, 2.24) is 14.9 Å². The Morgan fingerprint density at radius 1 is 1.30 bits per heavy atom. The molecule has 1 atom stereocenters. The van der Waals surface area contributed by atoms with Crippen molar-refractivity contribution in [2.45, 2.75) is 38.7 Å². The zero-order chi connectivity index (χ0) is 14.4. The van der Waals surface area contributed by atoms with E-state index in [4.69, 9.17) is 11.6 Å². The first-order valence-electron chi connectivity index (χ1n) is 6.92. The Balaban J connectivity index is 2.14. The largest absolute Gasteiger partial charge is 0.288 e. The van der Waals surface area contributed by atoms with Crippen LogP contribution in [0, 0.1) is 0 Å². The molecule has 0 amide bonds. The Labute approximate surface area is 129 Å². The highest BCUT2D eigenvalue weighted by Crippen LogP contribution is 2.28. The first-order valence-corrected chi connectivity index (χ1v) is 8.34. The molecule has 1 unspecified atom stereocenters. The van der Waals surface area contributed by atoms with Gasteiger partial charge in [-0.1, -0.05) is 19.9 Å². The third kappa shape index (κ3) is 3.78. The van der Waals surface area contributed by atoms with Crippen molar-refractivity contribution in [3.8, 4) is 0 Å². The number of hydrogen-bond acceptors (Lipinski definition) is 4. The van der Waals surface area contributed by atoms with Crippen LogP contribution < -0.4 is 0 Å². The van der Waals surface area contributed by atoms with Crippen LogP contribution >= 0.6 is 22.9 Å². The van der Waals surface area contributed by atoms with Crippen LogP contribution in [-0.2, 0) is 12.4 Å². The number of thiazole rings is 1. The molecule has 0 radical (unpaired) electrons. The molecule has 0 aliphatic rings. The van der Waals surface area contributed by atoms with Crippen molar-refractivity contribution in [3.05, 3.63) is 46.2 Å². The monoisotopic (exact) mass is 309 g/mol. The molecule has 2 heterocycles. The Hall–Kier alpha value is -0.970. The normalized spacial score (nSPS) is 12.8. The quantitative estimate of drug-likeness (QED) is 0.716. The molecular weight excluding hydrogens is 290 g/mol. The van der Waals surface area contributed by atoms with Gasteiger partial charge in [0.2, 0.25) is 0 Å². The van der Waals surface area contributed by atoms with Gasteiger partial charge in [-0.2, -0.15) is 0 Å². The molecule has 5 heteroatoms. The summed E-state index contributed by atoms with van der Waals surface area (Å²) in [6.45, 7) is 6.21. The molecule has 3 nitrogen and oxygen atoms in total. The lowest BCUT2D eigenvalue weighted by Crippen LogP contribution is -2.28. The zero-order valence-electron chi connectivity index (χ0n) is 11.9. The molecule has 108 valence electrons. The molecule has 0 fully saturated rings. The lowest BCUT2D eigenvalue weighted by atomic mass is 10.2. The molecule has 0 saturated heterocycles. The highest BCUT2D eigenvalue weighted by Gasteiger charge is 2.21. The minimum absolute atomic E-state index is 0.337. The SMILES string of the molecule is CCC(c1nc(CCl)cs1)N(CC)Cc1ccccn1. The molecule has 2 rings (SSSR count). The minimum Gasteiger partial charge on any atom is -0.288 e. The zero-order valence-corrected chi connectivity index (χ0v) is 13.5. The van der Waals surface area contributed by atoms with Crippen molar-refractivity contribution in [2.75, 3.05) is 6.54 Å². The molecule has 20 heavy (non-hydrogen) atoms. The lowest BCUT2D eigenvalue weighted by Gasteiger charge is -2.28. The maximum atomic E-state index is 5.85. The van der Waals surface area contributed by atoms with E-state index in [1.807, 2.05) is 18.3 Å². The standard InChI is InChI=1S/C15H20ClN3S/c1-3-14(15-18-13(9-16)11-20-15)19(4-2)10-12-7-5-6-8-17-12/h5-8,11,14H,3-4,9-10H2,1-2H3. The highest BCUT2D eigenvalue weighted by molar-refractivity contribution is 7.09. The second kappa shape index (κ2) is 7.72. The van der Waals surface area contributed by atoms with Crippen LogP contribution in [0.15, 0.2) is 29.8 Å². The Bertz CT molecular complexity index is 515. The maximum Gasteiger partial charge on any atom is 0.110 e. The van der Waals surface area contributed by atoms with Gasteiger partial charge in [-0.15, -0.1) is 22.9 Å². The number of pyridine rings is 1. The average Bonchev–Trinajstić information content (AvgIpc) is 2.97. The van der Waals surface area contributed by atoms with E-state index in [2.05, 4.69) is 40.2 Å². The Morgan fingerprint density at radius 2 is 2.15 bits per heavy atom. The third-order valence-electron chi connectivity index (χ3n) is 3.32. The molecular formula is C15H20ClN3S. The molecule has 0 saturated carbocycles. The van der Waals surface area contributed by atoms with Crippen molar-refractivity contribution in [2.24, 2.45) is 0 Å². The number of aromatic nitrogens is 2. The van der Waals surface area contributed by atoms with E-state index in [0.717, 1.165) is 35.9 Å². The maximum absolute atomic E-state index is 5.85. The van der Waals surface area contributed by atoms with Gasteiger partial charge in [0.15, 0.2) is 0 Å². The van der Waals surface area contributed by atoms with Crippen molar-refractivity contribution in [3.63, 3.8) is 0 Å². The van der Waals surface area contributed by atoms with Gasteiger partial charge < -0.3 is 0 Å². The third-order valence-corrected chi connectivity index (χ3v) is 4.58. The fraction of sp³-hybridized carbons (Fsp3) is 0.467. The van der Waals surface area contributed by atoms with Crippen LogP contribution in [0.25, 0.3) is 0 Å². The predicted octanol–water partition coefficient (Wildman–Crippen LogP) is 4.25. The fourth-order valence-electron chi connectivity index (χ4n) is 2.27. The molecule has 0 bridgehead atoms. The van der Waals surface area contributed by atoms with Gasteiger partial charge in [0.05, 0.1) is 23.3 Å². The van der Waals surface area contributed by atoms with Crippen LogP contribution in [0.4, 0.5) is 0 Å². The smallest absolute Gasteiger partial charge is 0.110 e. The fourth-order valence-corrected chi connectivity index (χ4v) is 3.53. The molecule has 0 aromatic carbocycles. The lowest BCUT2D eigenvalue weighted by molar-refractivity contribution is 0.190. The van der Waals surface area contributed by atoms with Gasteiger partial charge in [0.1, 0.15) is 5.01 Å². The van der Waals surface area contributed by atoms with E-state index in [1.54, 1.807) is 11.3 Å². The summed E-state index contributed by atoms with van der Waals surface area (Å²) in [4.78, 5) is 11.5. The van der Waals surface area contributed by atoms with Crippen LogP contribution in [0.5, 0.6) is 0 Å². The summed E-state index contributed by atoms with van der Waals surface area (Å²) in [7, 11) is 0. The van der Waals surface area contributed by atoms with E-state index in [1.165, 1.54) is 0 Å². The number of hydrogen-bond donors (Lipinski definition) is 0. The Kier molecular flexibility index (Phi) is 5.95. The van der Waals surface area contributed by atoms with Gasteiger partial charge in [-0.05, 0) is 25.1 Å². The highest BCUT2D eigenvalue weighted by atomic mass is 35.5. The minimum atomic E-state index is 0.337. The van der Waals surface area contributed by atoms with Crippen LogP contribution in [-0.4, -0.2) is 21.4 Å². The second-order valence-electron chi connectivity index (χ2n) is 4.62. The summed E-state index contributed by atoms with van der Waals surface area (Å²) >= 11 is 7.56. The number of halogens is 1. The first-order chi connectivity index (χ1) is 9.78.